The summed E-state index contributed by atoms with van der Waals surface area (Å²) in [6.07, 6.45) is 0. The minimum Gasteiger partial charge on any atom is -0.436 e. The summed E-state index contributed by atoms with van der Waals surface area (Å²) in [4.78, 5) is 14.4. The fraction of sp³-hybridized carbons (Fsp3) is 0.0811. The van der Waals surface area contributed by atoms with Crippen molar-refractivity contribution in [1.29, 1.82) is 0 Å². The molecule has 0 unspecified atom stereocenters. The molecule has 11 aromatic carbocycles. The Morgan fingerprint density at radius 2 is 0.600 bits per heavy atom. The van der Waals surface area contributed by atoms with E-state index in [1.807, 2.05) is 48.5 Å². The summed E-state index contributed by atoms with van der Waals surface area (Å²) in [6, 6.07) is 91.4. The molecule has 0 saturated carbocycles. The van der Waals surface area contributed by atoms with E-state index in [0.717, 1.165) is 67.0 Å². The van der Waals surface area contributed by atoms with Crippen molar-refractivity contribution >= 4 is 56.3 Å². The van der Waals surface area contributed by atoms with Crippen LogP contribution in [0.3, 0.4) is 0 Å². The second-order valence-corrected chi connectivity index (χ2v) is 22.2. The summed E-state index contributed by atoms with van der Waals surface area (Å²) >= 11 is 0. The minimum atomic E-state index is -0.240. The molecule has 15 rings (SSSR count). The molecule has 0 radical (unpaired) electrons. The Hall–Kier alpha value is -10.0. The van der Waals surface area contributed by atoms with Crippen LogP contribution in [0.2, 0.25) is 0 Å². The number of hydrogen-bond donors (Lipinski definition) is 0. The smallest absolute Gasteiger partial charge is 0.227 e. The largest absolute Gasteiger partial charge is 0.436 e. The van der Waals surface area contributed by atoms with Gasteiger partial charge >= 0.3 is 0 Å². The van der Waals surface area contributed by atoms with E-state index in [2.05, 4.69) is 244 Å². The highest BCUT2D eigenvalue weighted by molar-refractivity contribution is 5.91. The topological polar surface area (TPSA) is 58.5 Å². The van der Waals surface area contributed by atoms with Crippen LogP contribution in [-0.2, 0) is 10.8 Å². The number of hydrogen-bond acceptors (Lipinski definition) is 6. The Morgan fingerprint density at radius 1 is 0.275 bits per heavy atom. The summed E-state index contributed by atoms with van der Waals surface area (Å²) in [5.74, 6) is 1.25. The van der Waals surface area contributed by atoms with Crippen molar-refractivity contribution in [3.05, 3.63) is 277 Å². The normalized spacial score (nSPS) is 13.9. The molecular weight excluding hydrogens is 977 g/mol. The third kappa shape index (κ3) is 7.78. The molecule has 0 N–H and O–H groups in total. The fourth-order valence-electron chi connectivity index (χ4n) is 12.4. The molecule has 4 heterocycles. The van der Waals surface area contributed by atoms with Gasteiger partial charge in [-0.05, 0) is 176 Å². The van der Waals surface area contributed by atoms with Crippen molar-refractivity contribution in [2.24, 2.45) is 0 Å². The van der Waals surface area contributed by atoms with Crippen molar-refractivity contribution in [2.75, 3.05) is 9.80 Å². The maximum atomic E-state index is 6.18. The second kappa shape index (κ2) is 18.3. The number of rotatable bonds is 8. The number of benzene rings is 11. The average Bonchev–Trinajstić information content (AvgIpc) is 3.95. The van der Waals surface area contributed by atoms with Gasteiger partial charge in [0.1, 0.15) is 11.0 Å². The zero-order chi connectivity index (χ0) is 53.7. The van der Waals surface area contributed by atoms with E-state index in [-0.39, 0.29) is 10.8 Å². The van der Waals surface area contributed by atoms with Crippen LogP contribution >= 0.6 is 0 Å². The van der Waals surface area contributed by atoms with Crippen molar-refractivity contribution < 1.29 is 8.83 Å². The Bertz CT molecular complexity index is 4190. The van der Waals surface area contributed by atoms with E-state index in [1.165, 1.54) is 67.3 Å². The monoisotopic (exact) mass is 1030 g/mol. The molecule has 13 aromatic rings. The molecule has 0 spiro atoms. The van der Waals surface area contributed by atoms with E-state index in [1.54, 1.807) is 0 Å². The zero-order valence-electron chi connectivity index (χ0n) is 44.9. The number of oxazole rings is 2. The first-order valence-electron chi connectivity index (χ1n) is 27.4. The number of aromatic nitrogens is 2. The van der Waals surface area contributed by atoms with Gasteiger partial charge in [-0.1, -0.05) is 173 Å². The van der Waals surface area contributed by atoms with Crippen LogP contribution in [0, 0.1) is 0 Å². The van der Waals surface area contributed by atoms with Gasteiger partial charge < -0.3 is 18.6 Å². The zero-order valence-corrected chi connectivity index (χ0v) is 44.9. The van der Waals surface area contributed by atoms with Crippen LogP contribution in [0.15, 0.2) is 264 Å². The number of nitrogens with zero attached hydrogens (tertiary/aromatic N) is 4. The maximum Gasteiger partial charge on any atom is 0.227 e. The Balaban J connectivity index is 0.698. The van der Waals surface area contributed by atoms with Crippen LogP contribution in [-0.4, -0.2) is 9.97 Å². The van der Waals surface area contributed by atoms with E-state index < -0.39 is 0 Å². The molecule has 2 aliphatic heterocycles. The van der Waals surface area contributed by atoms with Gasteiger partial charge in [0.25, 0.3) is 0 Å². The lowest BCUT2D eigenvalue weighted by Gasteiger charge is -2.42. The minimum absolute atomic E-state index is 0.240. The van der Waals surface area contributed by atoms with E-state index in [4.69, 9.17) is 18.8 Å². The van der Waals surface area contributed by atoms with Gasteiger partial charge in [-0.3, -0.25) is 0 Å². The summed E-state index contributed by atoms with van der Waals surface area (Å²) in [5.41, 5.74) is 26.0. The summed E-state index contributed by atoms with van der Waals surface area (Å²) in [6.45, 7) is 9.37. The van der Waals surface area contributed by atoms with Crippen molar-refractivity contribution in [3.63, 3.8) is 0 Å². The lowest BCUT2D eigenvalue weighted by atomic mass is 9.73. The number of anilines is 6. The molecule has 80 heavy (non-hydrogen) atoms. The first-order valence-corrected chi connectivity index (χ1v) is 27.4. The lowest BCUT2D eigenvalue weighted by molar-refractivity contribution is 0.619. The van der Waals surface area contributed by atoms with Gasteiger partial charge in [0.05, 0.1) is 22.7 Å². The molecule has 6 nitrogen and oxygen atoms in total. The molecular formula is C74H54N4O2. The van der Waals surface area contributed by atoms with Gasteiger partial charge in [0.15, 0.2) is 11.2 Å². The molecule has 2 aliphatic rings. The predicted molar refractivity (Wildman–Crippen MR) is 328 cm³/mol. The predicted octanol–water partition coefficient (Wildman–Crippen LogP) is 20.2. The fourth-order valence-corrected chi connectivity index (χ4v) is 12.4. The van der Waals surface area contributed by atoms with Crippen LogP contribution < -0.4 is 9.80 Å². The average molecular weight is 1030 g/mol. The molecule has 382 valence electrons. The standard InChI is InChI=1S/C74H54N4O2/c1-73(2)59-19-5-9-23-65(59)77(67-41-35-53(45-61(67)73)51-15-13-17-55(43-51)71-75-63-21-7-11-25-69(63)79-71)57-37-31-49(32-38-57)47-27-29-48(30-28-47)50-33-39-58(40-34-50)78-66-24-10-6-20-60(66)74(3,4)62-46-54(36-42-68(62)78)52-16-14-18-56(44-52)72-76-64-22-8-12-26-70(64)80-72/h5-46H,1-4H3. The Morgan fingerprint density at radius 3 is 1.01 bits per heavy atom. The molecule has 0 fully saturated rings. The first kappa shape index (κ1) is 47.2. The third-order valence-electron chi connectivity index (χ3n) is 16.7. The SMILES string of the molecule is CC1(C)c2ccccc2N(c2ccc(-c3ccc(-c4ccc(N5c6ccccc6C(C)(C)c6cc(-c7cccc(-c8nc9ccccc9o8)c7)ccc65)cc4)cc3)cc2)c2ccc(-c3cccc(-c4nc5ccccc5o4)c3)cc21. The van der Waals surface area contributed by atoms with Crippen LogP contribution in [0.4, 0.5) is 34.1 Å². The van der Waals surface area contributed by atoms with Crippen LogP contribution in [0.25, 0.3) is 89.6 Å². The van der Waals surface area contributed by atoms with Crippen LogP contribution in [0.1, 0.15) is 49.9 Å². The lowest BCUT2D eigenvalue weighted by Crippen LogP contribution is -2.30. The van der Waals surface area contributed by atoms with Crippen molar-refractivity contribution in [2.45, 2.75) is 38.5 Å². The van der Waals surface area contributed by atoms with E-state index >= 15 is 0 Å². The van der Waals surface area contributed by atoms with E-state index in [0.29, 0.717) is 11.8 Å². The molecule has 0 amide bonds. The molecule has 0 atom stereocenters. The molecule has 0 saturated heterocycles. The van der Waals surface area contributed by atoms with Gasteiger partial charge in [-0.25, -0.2) is 9.97 Å². The number of fused-ring (bicyclic) bond motifs is 6. The van der Waals surface area contributed by atoms with Gasteiger partial charge in [-0.15, -0.1) is 0 Å². The highest BCUT2D eigenvalue weighted by Crippen LogP contribution is 2.55. The van der Waals surface area contributed by atoms with E-state index in [9.17, 15) is 0 Å². The van der Waals surface area contributed by atoms with Crippen LogP contribution in [0.5, 0.6) is 0 Å². The number of para-hydroxylation sites is 6. The molecule has 0 aliphatic carbocycles. The van der Waals surface area contributed by atoms with Gasteiger partial charge in [-0.2, -0.15) is 0 Å². The highest BCUT2D eigenvalue weighted by atomic mass is 16.4. The second-order valence-electron chi connectivity index (χ2n) is 22.2. The van der Waals surface area contributed by atoms with Crippen molar-refractivity contribution in [1.82, 2.24) is 9.97 Å². The van der Waals surface area contributed by atoms with Gasteiger partial charge in [0.2, 0.25) is 11.8 Å². The Labute approximate surface area is 465 Å². The quantitative estimate of drug-likeness (QED) is 0.151. The molecule has 2 aromatic heterocycles. The summed E-state index contributed by atoms with van der Waals surface area (Å²) in [5, 5.41) is 0. The van der Waals surface area contributed by atoms with Gasteiger partial charge in [0, 0.05) is 33.3 Å². The first-order chi connectivity index (χ1) is 39.1. The molecule has 6 heteroatoms. The third-order valence-corrected chi connectivity index (χ3v) is 16.7. The van der Waals surface area contributed by atoms with Crippen molar-refractivity contribution in [3.8, 4) is 67.4 Å². The highest BCUT2D eigenvalue weighted by Gasteiger charge is 2.39. The Kier molecular flexibility index (Phi) is 10.8. The summed E-state index contributed by atoms with van der Waals surface area (Å²) in [7, 11) is 0. The maximum absolute atomic E-state index is 6.18. The molecule has 0 bridgehead atoms. The summed E-state index contributed by atoms with van der Waals surface area (Å²) < 4.78 is 12.4.